The van der Waals surface area contributed by atoms with Gasteiger partial charge in [-0.25, -0.2) is 0 Å². The van der Waals surface area contributed by atoms with Gasteiger partial charge in [-0.15, -0.1) is 0 Å². The molecule has 0 heterocycles. The molecule has 0 amide bonds. The van der Waals surface area contributed by atoms with Crippen LogP contribution in [0.25, 0.3) is 0 Å². The van der Waals surface area contributed by atoms with E-state index in [-0.39, 0.29) is 0 Å². The fourth-order valence-corrected chi connectivity index (χ4v) is 3.68. The van der Waals surface area contributed by atoms with E-state index in [1.54, 1.807) is 0 Å². The SMILES string of the molecule is CCCNC(C(C)CCC)C(OC)C1CCCCC1. The normalized spacial score (nSPS) is 22.1. The van der Waals surface area contributed by atoms with Gasteiger partial charge in [-0.05, 0) is 44.1 Å². The monoisotopic (exact) mass is 269 g/mol. The van der Waals surface area contributed by atoms with Crippen molar-refractivity contribution >= 4 is 0 Å². The first-order valence-electron chi connectivity index (χ1n) is 8.50. The van der Waals surface area contributed by atoms with E-state index in [1.165, 1.54) is 51.4 Å². The summed E-state index contributed by atoms with van der Waals surface area (Å²) in [5, 5.41) is 3.78. The third kappa shape index (κ3) is 5.43. The van der Waals surface area contributed by atoms with Crippen molar-refractivity contribution in [1.29, 1.82) is 0 Å². The minimum atomic E-state index is 0.411. The first-order valence-corrected chi connectivity index (χ1v) is 8.50. The van der Waals surface area contributed by atoms with Crippen LogP contribution in [0.1, 0.15) is 72.1 Å². The standard InChI is InChI=1S/C17H35NO/c1-5-10-14(3)16(18-13-6-2)17(19-4)15-11-8-7-9-12-15/h14-18H,5-13H2,1-4H3. The van der Waals surface area contributed by atoms with Gasteiger partial charge in [-0.3, -0.25) is 0 Å². The van der Waals surface area contributed by atoms with Gasteiger partial charge in [0.15, 0.2) is 0 Å². The first kappa shape index (κ1) is 17.0. The Bertz CT molecular complexity index is 213. The van der Waals surface area contributed by atoms with Crippen molar-refractivity contribution in [2.24, 2.45) is 11.8 Å². The van der Waals surface area contributed by atoms with Crippen LogP contribution in [0.4, 0.5) is 0 Å². The lowest BCUT2D eigenvalue weighted by atomic mass is 9.78. The molecule has 3 atom stereocenters. The van der Waals surface area contributed by atoms with Crippen LogP contribution in [0.5, 0.6) is 0 Å². The van der Waals surface area contributed by atoms with E-state index in [0.29, 0.717) is 18.1 Å². The zero-order valence-corrected chi connectivity index (χ0v) is 13.6. The minimum Gasteiger partial charge on any atom is -0.380 e. The summed E-state index contributed by atoms with van der Waals surface area (Å²) in [5.74, 6) is 1.48. The topological polar surface area (TPSA) is 21.3 Å². The summed E-state index contributed by atoms with van der Waals surface area (Å²) in [6, 6.07) is 0.535. The molecule has 0 aromatic heterocycles. The van der Waals surface area contributed by atoms with Crippen LogP contribution in [0.2, 0.25) is 0 Å². The predicted molar refractivity (Wildman–Crippen MR) is 83.5 cm³/mol. The lowest BCUT2D eigenvalue weighted by molar-refractivity contribution is -0.00677. The Labute approximate surface area is 120 Å². The van der Waals surface area contributed by atoms with Crippen molar-refractivity contribution in [3.05, 3.63) is 0 Å². The van der Waals surface area contributed by atoms with Crippen LogP contribution in [0.3, 0.4) is 0 Å². The van der Waals surface area contributed by atoms with Gasteiger partial charge in [0.2, 0.25) is 0 Å². The second-order valence-electron chi connectivity index (χ2n) is 6.34. The highest BCUT2D eigenvalue weighted by atomic mass is 16.5. The van der Waals surface area contributed by atoms with Crippen LogP contribution >= 0.6 is 0 Å². The Morgan fingerprint density at radius 1 is 1.11 bits per heavy atom. The number of methoxy groups -OCH3 is 1. The van der Waals surface area contributed by atoms with Gasteiger partial charge in [0.05, 0.1) is 6.10 Å². The summed E-state index contributed by atoms with van der Waals surface area (Å²) in [6.45, 7) is 8.05. The number of nitrogens with one attached hydrogen (secondary N) is 1. The predicted octanol–water partition coefficient (Wildman–Crippen LogP) is 4.39. The number of rotatable bonds is 9. The average molecular weight is 269 g/mol. The van der Waals surface area contributed by atoms with Crippen LogP contribution in [-0.4, -0.2) is 25.8 Å². The van der Waals surface area contributed by atoms with Gasteiger partial charge in [-0.2, -0.15) is 0 Å². The summed E-state index contributed by atoms with van der Waals surface area (Å²) < 4.78 is 5.95. The molecule has 1 saturated carbocycles. The largest absolute Gasteiger partial charge is 0.380 e. The molecule has 0 radical (unpaired) electrons. The molecule has 3 unspecified atom stereocenters. The first-order chi connectivity index (χ1) is 9.24. The van der Waals surface area contributed by atoms with Crippen LogP contribution < -0.4 is 5.32 Å². The van der Waals surface area contributed by atoms with Crippen molar-refractivity contribution in [1.82, 2.24) is 5.32 Å². The maximum Gasteiger partial charge on any atom is 0.0754 e. The van der Waals surface area contributed by atoms with Crippen molar-refractivity contribution < 1.29 is 4.74 Å². The van der Waals surface area contributed by atoms with Crippen LogP contribution in [0, 0.1) is 11.8 Å². The molecular formula is C17H35NO. The minimum absolute atomic E-state index is 0.411. The fourth-order valence-electron chi connectivity index (χ4n) is 3.68. The molecule has 2 nitrogen and oxygen atoms in total. The molecule has 0 bridgehead atoms. The molecule has 2 heteroatoms. The van der Waals surface area contributed by atoms with Crippen molar-refractivity contribution in [2.75, 3.05) is 13.7 Å². The Kier molecular flexibility index (Phi) is 8.72. The Hall–Kier alpha value is -0.0800. The van der Waals surface area contributed by atoms with Crippen molar-refractivity contribution in [2.45, 2.75) is 84.3 Å². The van der Waals surface area contributed by atoms with E-state index in [0.717, 1.165) is 12.5 Å². The highest BCUT2D eigenvalue weighted by Crippen LogP contribution is 2.31. The number of hydrogen-bond acceptors (Lipinski definition) is 2. The number of ether oxygens (including phenoxy) is 1. The molecule has 1 fully saturated rings. The Morgan fingerprint density at radius 3 is 2.32 bits per heavy atom. The molecule has 0 aliphatic heterocycles. The second-order valence-corrected chi connectivity index (χ2v) is 6.34. The molecule has 19 heavy (non-hydrogen) atoms. The molecule has 0 aromatic rings. The third-order valence-corrected chi connectivity index (χ3v) is 4.73. The maximum absolute atomic E-state index is 5.95. The zero-order chi connectivity index (χ0) is 14.1. The second kappa shape index (κ2) is 9.77. The van der Waals surface area contributed by atoms with Gasteiger partial charge in [0.25, 0.3) is 0 Å². The molecule has 114 valence electrons. The van der Waals surface area contributed by atoms with Gasteiger partial charge < -0.3 is 10.1 Å². The summed E-state index contributed by atoms with van der Waals surface area (Å²) in [5.41, 5.74) is 0. The highest BCUT2D eigenvalue weighted by molar-refractivity contribution is 4.87. The van der Waals surface area contributed by atoms with E-state index >= 15 is 0 Å². The summed E-state index contributed by atoms with van der Waals surface area (Å²) in [7, 11) is 1.92. The van der Waals surface area contributed by atoms with E-state index in [4.69, 9.17) is 4.74 Å². The van der Waals surface area contributed by atoms with Crippen LogP contribution in [0.15, 0.2) is 0 Å². The summed E-state index contributed by atoms with van der Waals surface area (Å²) in [6.07, 6.45) is 11.1. The van der Waals surface area contributed by atoms with Gasteiger partial charge in [0.1, 0.15) is 0 Å². The van der Waals surface area contributed by atoms with Crippen LogP contribution in [-0.2, 0) is 4.74 Å². The maximum atomic E-state index is 5.95. The molecular weight excluding hydrogens is 234 g/mol. The average Bonchev–Trinajstić information content (AvgIpc) is 2.44. The summed E-state index contributed by atoms with van der Waals surface area (Å²) in [4.78, 5) is 0. The quantitative estimate of drug-likeness (QED) is 0.670. The molecule has 1 N–H and O–H groups in total. The van der Waals surface area contributed by atoms with Gasteiger partial charge >= 0.3 is 0 Å². The van der Waals surface area contributed by atoms with Crippen molar-refractivity contribution in [3.63, 3.8) is 0 Å². The van der Waals surface area contributed by atoms with Crippen molar-refractivity contribution in [3.8, 4) is 0 Å². The van der Waals surface area contributed by atoms with E-state index < -0.39 is 0 Å². The van der Waals surface area contributed by atoms with Gasteiger partial charge in [0, 0.05) is 13.2 Å². The molecule has 0 saturated heterocycles. The third-order valence-electron chi connectivity index (χ3n) is 4.73. The van der Waals surface area contributed by atoms with Gasteiger partial charge in [-0.1, -0.05) is 46.5 Å². The lowest BCUT2D eigenvalue weighted by Crippen LogP contribution is -2.49. The number of hydrogen-bond donors (Lipinski definition) is 1. The fraction of sp³-hybridized carbons (Fsp3) is 1.00. The highest BCUT2D eigenvalue weighted by Gasteiger charge is 2.33. The lowest BCUT2D eigenvalue weighted by Gasteiger charge is -2.38. The Balaban J connectivity index is 2.66. The molecule has 0 aromatic carbocycles. The summed E-state index contributed by atoms with van der Waals surface area (Å²) >= 11 is 0. The zero-order valence-electron chi connectivity index (χ0n) is 13.6. The van der Waals surface area contributed by atoms with E-state index in [1.807, 2.05) is 7.11 Å². The smallest absolute Gasteiger partial charge is 0.0754 e. The molecule has 1 aliphatic carbocycles. The Morgan fingerprint density at radius 2 is 1.79 bits per heavy atom. The molecule has 1 aliphatic rings. The molecule has 1 rings (SSSR count). The van der Waals surface area contributed by atoms with E-state index in [2.05, 4.69) is 26.1 Å². The van der Waals surface area contributed by atoms with E-state index in [9.17, 15) is 0 Å². The molecule has 0 spiro atoms.